The minimum atomic E-state index is -1.18. The van der Waals surface area contributed by atoms with Crippen LogP contribution in [0.1, 0.15) is 36.5 Å². The number of nitrogens with two attached hydrogens (primary N) is 1. The maximum absolute atomic E-state index is 15.0. The van der Waals surface area contributed by atoms with Crippen LogP contribution in [0.5, 0.6) is 5.88 Å². The summed E-state index contributed by atoms with van der Waals surface area (Å²) in [6, 6.07) is 1.67. The second-order valence-corrected chi connectivity index (χ2v) is 8.37. The van der Waals surface area contributed by atoms with Crippen molar-refractivity contribution in [2.24, 2.45) is 11.7 Å². The number of carbonyl (C=O) groups excluding carboxylic acids is 1. The number of rotatable bonds is 10. The zero-order valence-electron chi connectivity index (χ0n) is 19.6. The van der Waals surface area contributed by atoms with E-state index < -0.39 is 29.9 Å². The van der Waals surface area contributed by atoms with E-state index in [-0.39, 0.29) is 29.0 Å². The van der Waals surface area contributed by atoms with Gasteiger partial charge in [-0.05, 0) is 37.8 Å². The van der Waals surface area contributed by atoms with Crippen molar-refractivity contribution < 1.29 is 23.8 Å². The van der Waals surface area contributed by atoms with Crippen molar-refractivity contribution >= 4 is 29.3 Å². The first-order chi connectivity index (χ1) is 17.3. The van der Waals surface area contributed by atoms with Gasteiger partial charge in [-0.25, -0.2) is 19.2 Å². The molecule has 2 amide bonds. The van der Waals surface area contributed by atoms with Crippen LogP contribution in [-0.4, -0.2) is 61.3 Å². The van der Waals surface area contributed by atoms with Crippen LogP contribution < -0.4 is 26.4 Å². The fourth-order valence-electron chi connectivity index (χ4n) is 4.05. The normalized spacial score (nSPS) is 14.9. The quantitative estimate of drug-likeness (QED) is 0.277. The lowest BCUT2D eigenvalue weighted by atomic mass is 9.77. The van der Waals surface area contributed by atoms with E-state index in [1.54, 1.807) is 13.0 Å². The van der Waals surface area contributed by atoms with Gasteiger partial charge in [-0.2, -0.15) is 10.2 Å². The number of carboxylic acid groups (broad SMARTS) is 1. The fourth-order valence-corrected chi connectivity index (χ4v) is 4.05. The Hall–Kier alpha value is -4.49. The minimum Gasteiger partial charge on any atom is -0.479 e. The molecular formula is C22H26FN9O4. The number of nitrogens with one attached hydrogen (secondary N) is 3. The van der Waals surface area contributed by atoms with Crippen molar-refractivity contribution in [2.75, 3.05) is 17.7 Å². The molecule has 1 saturated carbocycles. The molecule has 1 aliphatic rings. The predicted molar refractivity (Wildman–Crippen MR) is 127 cm³/mol. The lowest BCUT2D eigenvalue weighted by molar-refractivity contribution is 0.1000. The highest BCUT2D eigenvalue weighted by molar-refractivity contribution is 5.98. The lowest BCUT2D eigenvalue weighted by Crippen LogP contribution is -2.50. The smallest absolute Gasteiger partial charge is 0.404 e. The van der Waals surface area contributed by atoms with E-state index in [0.29, 0.717) is 11.4 Å². The molecule has 0 unspecified atom stereocenters. The summed E-state index contributed by atoms with van der Waals surface area (Å²) in [7, 11) is 1.45. The molecule has 0 aromatic carbocycles. The fraction of sp³-hybridized carbons (Fsp3) is 0.364. The average molecular weight is 500 g/mol. The van der Waals surface area contributed by atoms with E-state index in [1.165, 1.54) is 30.5 Å². The summed E-state index contributed by atoms with van der Waals surface area (Å²) in [6.07, 6.45) is 5.98. The first-order valence-electron chi connectivity index (χ1n) is 11.2. The molecule has 4 rings (SSSR count). The Morgan fingerprint density at radius 2 is 1.97 bits per heavy atom. The first-order valence-corrected chi connectivity index (χ1v) is 11.2. The van der Waals surface area contributed by atoms with Crippen LogP contribution in [0.15, 0.2) is 30.7 Å². The standard InChI is InChI=1S/C22H26FN9O4/c1-11(28-22(34)35)17(12-4-3-5-12)30-20-15(23)9-14(18(24)33)19(31-20)29-13-8-16(21(36-2)25-10-13)32-26-6-7-27-32/h6-12,17,28H,3-5H2,1-2H3,(H2,24,33)(H,34,35)(H2,29,30,31)/t11-,17-/m0/s1. The number of aromatic nitrogens is 5. The number of hydrogen-bond donors (Lipinski definition) is 5. The molecule has 3 aromatic heterocycles. The van der Waals surface area contributed by atoms with Gasteiger partial charge in [0.1, 0.15) is 11.5 Å². The summed E-state index contributed by atoms with van der Waals surface area (Å²) in [5, 5.41) is 25.7. The largest absolute Gasteiger partial charge is 0.479 e. The number of primary amides is 1. The molecular weight excluding hydrogens is 473 g/mol. The highest BCUT2D eigenvalue weighted by Crippen LogP contribution is 2.34. The van der Waals surface area contributed by atoms with Crippen LogP contribution in [0.3, 0.4) is 0 Å². The molecule has 0 saturated heterocycles. The van der Waals surface area contributed by atoms with E-state index in [9.17, 15) is 9.59 Å². The Kier molecular flexibility index (Phi) is 7.12. The van der Waals surface area contributed by atoms with Crippen molar-refractivity contribution in [1.29, 1.82) is 0 Å². The van der Waals surface area contributed by atoms with Crippen molar-refractivity contribution in [2.45, 2.75) is 38.3 Å². The van der Waals surface area contributed by atoms with Gasteiger partial charge in [-0.15, -0.1) is 4.80 Å². The number of anilines is 3. The van der Waals surface area contributed by atoms with E-state index in [1.807, 2.05) is 0 Å². The van der Waals surface area contributed by atoms with Gasteiger partial charge in [0.05, 0.1) is 43.0 Å². The van der Waals surface area contributed by atoms with Crippen LogP contribution in [0.2, 0.25) is 0 Å². The van der Waals surface area contributed by atoms with Crippen molar-refractivity contribution in [3.63, 3.8) is 0 Å². The zero-order chi connectivity index (χ0) is 25.8. The number of halogens is 1. The van der Waals surface area contributed by atoms with Crippen molar-refractivity contribution in [3.8, 4) is 11.6 Å². The molecule has 0 bridgehead atoms. The summed E-state index contributed by atoms with van der Waals surface area (Å²) in [5.41, 5.74) is 6.10. The number of nitrogens with zero attached hydrogens (tertiary/aromatic N) is 5. The Morgan fingerprint density at radius 1 is 1.25 bits per heavy atom. The van der Waals surface area contributed by atoms with Gasteiger partial charge < -0.3 is 31.5 Å². The third kappa shape index (κ3) is 5.26. The third-order valence-electron chi connectivity index (χ3n) is 6.01. The van der Waals surface area contributed by atoms with Crippen molar-refractivity contribution in [3.05, 3.63) is 42.1 Å². The minimum absolute atomic E-state index is 0.0102. The lowest BCUT2D eigenvalue weighted by Gasteiger charge is -2.38. The van der Waals surface area contributed by atoms with Crippen LogP contribution in [0.25, 0.3) is 5.69 Å². The van der Waals surface area contributed by atoms with E-state index in [2.05, 4.69) is 36.1 Å². The SMILES string of the molecule is COc1ncc(Nc2nc(N[C@H](C3CCC3)[C@H](C)NC(=O)O)c(F)cc2C(N)=O)cc1-n1nccn1. The maximum Gasteiger partial charge on any atom is 0.404 e. The van der Waals surface area contributed by atoms with Crippen LogP contribution >= 0.6 is 0 Å². The van der Waals surface area contributed by atoms with Crippen molar-refractivity contribution in [1.82, 2.24) is 30.3 Å². The van der Waals surface area contributed by atoms with Crippen LogP contribution in [0, 0.1) is 11.7 Å². The van der Waals surface area contributed by atoms with Gasteiger partial charge in [0.15, 0.2) is 11.6 Å². The van der Waals surface area contributed by atoms with Gasteiger partial charge in [-0.3, -0.25) is 4.79 Å². The summed E-state index contributed by atoms with van der Waals surface area (Å²) in [4.78, 5) is 33.1. The monoisotopic (exact) mass is 499 g/mol. The molecule has 36 heavy (non-hydrogen) atoms. The molecule has 0 radical (unpaired) electrons. The van der Waals surface area contributed by atoms with Gasteiger partial charge in [0.25, 0.3) is 5.91 Å². The average Bonchev–Trinajstić information content (AvgIpc) is 3.33. The van der Waals surface area contributed by atoms with E-state index in [0.717, 1.165) is 25.3 Å². The molecule has 2 atom stereocenters. The highest BCUT2D eigenvalue weighted by atomic mass is 19.1. The van der Waals surface area contributed by atoms with Gasteiger partial charge in [0, 0.05) is 6.04 Å². The number of pyridine rings is 2. The summed E-state index contributed by atoms with van der Waals surface area (Å²) in [6.45, 7) is 1.70. The molecule has 13 nitrogen and oxygen atoms in total. The Morgan fingerprint density at radius 3 is 2.56 bits per heavy atom. The molecule has 14 heteroatoms. The van der Waals surface area contributed by atoms with Gasteiger partial charge >= 0.3 is 6.09 Å². The summed E-state index contributed by atoms with van der Waals surface area (Å²) in [5.74, 6) is -1.45. The molecule has 0 spiro atoms. The predicted octanol–water partition coefficient (Wildman–Crippen LogP) is 2.28. The number of carbonyl (C=O) groups is 2. The summed E-state index contributed by atoms with van der Waals surface area (Å²) >= 11 is 0. The molecule has 6 N–H and O–H groups in total. The molecule has 0 aliphatic heterocycles. The summed E-state index contributed by atoms with van der Waals surface area (Å²) < 4.78 is 20.3. The van der Waals surface area contributed by atoms with Gasteiger partial charge in [0.2, 0.25) is 5.88 Å². The Bertz CT molecular complexity index is 1250. The van der Waals surface area contributed by atoms with Crippen LogP contribution in [-0.2, 0) is 0 Å². The second-order valence-electron chi connectivity index (χ2n) is 8.37. The number of methoxy groups -OCH3 is 1. The van der Waals surface area contributed by atoms with E-state index >= 15 is 4.39 Å². The second kappa shape index (κ2) is 10.4. The number of amides is 2. The zero-order valence-corrected chi connectivity index (χ0v) is 19.6. The molecule has 190 valence electrons. The highest BCUT2D eigenvalue weighted by Gasteiger charge is 2.33. The molecule has 1 aliphatic carbocycles. The van der Waals surface area contributed by atoms with Crippen LogP contribution in [0.4, 0.5) is 26.5 Å². The maximum atomic E-state index is 15.0. The van der Waals surface area contributed by atoms with E-state index in [4.69, 9.17) is 15.6 Å². The Balaban J connectivity index is 1.68. The van der Waals surface area contributed by atoms with Gasteiger partial charge in [-0.1, -0.05) is 6.42 Å². The topological polar surface area (TPSA) is 182 Å². The molecule has 1 fully saturated rings. The first kappa shape index (κ1) is 24.6. The number of ether oxygens (including phenoxy) is 1. The Labute approximate surface area is 205 Å². The third-order valence-corrected chi connectivity index (χ3v) is 6.01. The number of hydrogen-bond acceptors (Lipinski definition) is 9. The molecule has 3 aromatic rings. The molecule has 3 heterocycles.